The van der Waals surface area contributed by atoms with Crippen LogP contribution in [0.1, 0.15) is 5.56 Å². The Morgan fingerprint density at radius 3 is 2.31 bits per heavy atom. The van der Waals surface area contributed by atoms with Crippen LogP contribution in [0.15, 0.2) is 22.7 Å². The van der Waals surface area contributed by atoms with Gasteiger partial charge in [0.1, 0.15) is 5.82 Å². The van der Waals surface area contributed by atoms with Crippen molar-refractivity contribution >= 4 is 15.9 Å². The fraction of sp³-hybridized carbons (Fsp3) is 0.455. The van der Waals surface area contributed by atoms with Crippen molar-refractivity contribution in [2.75, 3.05) is 26.3 Å². The number of benzene rings is 1. The summed E-state index contributed by atoms with van der Waals surface area (Å²) in [4.78, 5) is 1.80. The Balaban J connectivity index is 2.68. The summed E-state index contributed by atoms with van der Waals surface area (Å²) in [6.45, 7) is 1.24. The van der Waals surface area contributed by atoms with Crippen molar-refractivity contribution in [2.45, 2.75) is 6.54 Å². The van der Waals surface area contributed by atoms with Crippen molar-refractivity contribution in [2.24, 2.45) is 0 Å². The highest BCUT2D eigenvalue weighted by Gasteiger charge is 2.08. The molecule has 16 heavy (non-hydrogen) atoms. The Morgan fingerprint density at radius 1 is 1.19 bits per heavy atom. The molecule has 1 rings (SSSR count). The maximum Gasteiger partial charge on any atom is 0.128 e. The number of aliphatic hydroxyl groups excluding tert-OH is 2. The van der Waals surface area contributed by atoms with Gasteiger partial charge in [0.15, 0.2) is 0 Å². The van der Waals surface area contributed by atoms with E-state index >= 15 is 0 Å². The van der Waals surface area contributed by atoms with Crippen molar-refractivity contribution in [1.29, 1.82) is 0 Å². The molecule has 1 aromatic carbocycles. The molecule has 2 N–H and O–H groups in total. The van der Waals surface area contributed by atoms with Gasteiger partial charge in [-0.3, -0.25) is 4.90 Å². The Hall–Kier alpha value is -0.490. The normalized spacial score (nSPS) is 11.1. The molecule has 0 aliphatic rings. The highest BCUT2D eigenvalue weighted by Crippen LogP contribution is 2.16. The first-order valence-corrected chi connectivity index (χ1v) is 5.84. The van der Waals surface area contributed by atoms with Crippen molar-refractivity contribution in [3.63, 3.8) is 0 Å². The van der Waals surface area contributed by atoms with Crippen molar-refractivity contribution in [3.05, 3.63) is 34.1 Å². The maximum absolute atomic E-state index is 13.5. The molecular formula is C11H15BrFNO2. The standard InChI is InChI=1S/C11H15BrFNO2/c12-10-2-1-9(11(13)7-10)8-14(3-5-15)4-6-16/h1-2,7,15-16H,3-6,8H2. The van der Waals surface area contributed by atoms with Crippen molar-refractivity contribution in [3.8, 4) is 0 Å². The highest BCUT2D eigenvalue weighted by atomic mass is 79.9. The molecule has 5 heteroatoms. The van der Waals surface area contributed by atoms with Gasteiger partial charge in [0.2, 0.25) is 0 Å². The van der Waals surface area contributed by atoms with Crippen LogP contribution in [0.2, 0.25) is 0 Å². The molecule has 0 amide bonds. The number of nitrogens with zero attached hydrogens (tertiary/aromatic N) is 1. The second kappa shape index (κ2) is 6.96. The first kappa shape index (κ1) is 13.6. The maximum atomic E-state index is 13.5. The molecular weight excluding hydrogens is 277 g/mol. The van der Waals surface area contributed by atoms with Crippen LogP contribution in [-0.2, 0) is 6.54 Å². The molecule has 0 unspecified atom stereocenters. The van der Waals surface area contributed by atoms with Crippen LogP contribution in [0.5, 0.6) is 0 Å². The molecule has 0 fully saturated rings. The molecule has 3 nitrogen and oxygen atoms in total. The van der Waals surface area contributed by atoms with Crippen LogP contribution >= 0.6 is 15.9 Å². The van der Waals surface area contributed by atoms with Crippen LogP contribution in [-0.4, -0.2) is 41.4 Å². The van der Waals surface area contributed by atoms with Gasteiger partial charge in [-0.15, -0.1) is 0 Å². The predicted octanol–water partition coefficient (Wildman–Crippen LogP) is 1.37. The lowest BCUT2D eigenvalue weighted by molar-refractivity contribution is 0.154. The van der Waals surface area contributed by atoms with Crippen molar-refractivity contribution < 1.29 is 14.6 Å². The molecule has 1 aromatic rings. The third-order valence-electron chi connectivity index (χ3n) is 2.24. The summed E-state index contributed by atoms with van der Waals surface area (Å²) < 4.78 is 14.2. The average molecular weight is 292 g/mol. The van der Waals surface area contributed by atoms with E-state index in [4.69, 9.17) is 10.2 Å². The molecule has 0 aliphatic carbocycles. The molecule has 90 valence electrons. The number of rotatable bonds is 6. The zero-order chi connectivity index (χ0) is 12.0. The van der Waals surface area contributed by atoms with Crippen LogP contribution in [0.3, 0.4) is 0 Å². The van der Waals surface area contributed by atoms with Crippen LogP contribution in [0.25, 0.3) is 0 Å². The largest absolute Gasteiger partial charge is 0.395 e. The van der Waals surface area contributed by atoms with Gasteiger partial charge in [-0.05, 0) is 12.1 Å². The Kier molecular flexibility index (Phi) is 5.90. The van der Waals surface area contributed by atoms with E-state index in [0.29, 0.717) is 29.7 Å². The minimum absolute atomic E-state index is 0.00184. The summed E-state index contributed by atoms with van der Waals surface area (Å²) in [6, 6.07) is 4.88. The quantitative estimate of drug-likeness (QED) is 0.832. The van der Waals surface area contributed by atoms with Gasteiger partial charge in [-0.25, -0.2) is 4.39 Å². The second-order valence-corrected chi connectivity index (χ2v) is 4.37. The summed E-state index contributed by atoms with van der Waals surface area (Å²) in [6.07, 6.45) is 0. The Labute approximate surface area is 103 Å². The van der Waals surface area contributed by atoms with Gasteiger partial charge >= 0.3 is 0 Å². The fourth-order valence-electron chi connectivity index (χ4n) is 1.44. The van der Waals surface area contributed by atoms with Gasteiger partial charge in [0.25, 0.3) is 0 Å². The van der Waals surface area contributed by atoms with Gasteiger partial charge in [0, 0.05) is 29.7 Å². The minimum atomic E-state index is -0.282. The zero-order valence-electron chi connectivity index (χ0n) is 8.87. The van der Waals surface area contributed by atoms with Gasteiger partial charge in [0.05, 0.1) is 13.2 Å². The summed E-state index contributed by atoms with van der Waals surface area (Å²) in [5.41, 5.74) is 0.560. The van der Waals surface area contributed by atoms with E-state index < -0.39 is 0 Å². The monoisotopic (exact) mass is 291 g/mol. The SMILES string of the molecule is OCCN(CCO)Cc1ccc(Br)cc1F. The fourth-order valence-corrected chi connectivity index (χ4v) is 1.78. The number of halogens is 2. The molecule has 0 saturated carbocycles. The molecule has 0 radical (unpaired) electrons. The van der Waals surface area contributed by atoms with Gasteiger partial charge in [-0.1, -0.05) is 22.0 Å². The lowest BCUT2D eigenvalue weighted by atomic mass is 10.2. The van der Waals surface area contributed by atoms with E-state index in [0.717, 1.165) is 0 Å². The minimum Gasteiger partial charge on any atom is -0.395 e. The molecule has 0 bridgehead atoms. The summed E-state index contributed by atoms with van der Waals surface area (Å²) >= 11 is 3.19. The lowest BCUT2D eigenvalue weighted by Gasteiger charge is -2.20. The topological polar surface area (TPSA) is 43.7 Å². The van der Waals surface area contributed by atoms with E-state index in [1.54, 1.807) is 17.0 Å². The molecule has 0 atom stereocenters. The first-order valence-electron chi connectivity index (χ1n) is 5.05. The number of hydrogen-bond acceptors (Lipinski definition) is 3. The molecule has 0 spiro atoms. The van der Waals surface area contributed by atoms with Crippen LogP contribution in [0.4, 0.5) is 4.39 Å². The molecule has 0 aliphatic heterocycles. The third-order valence-corrected chi connectivity index (χ3v) is 2.73. The van der Waals surface area contributed by atoms with E-state index in [-0.39, 0.29) is 19.0 Å². The lowest BCUT2D eigenvalue weighted by Crippen LogP contribution is -2.29. The summed E-state index contributed by atoms with van der Waals surface area (Å²) in [7, 11) is 0. The third kappa shape index (κ3) is 4.17. The van der Waals surface area contributed by atoms with E-state index in [9.17, 15) is 4.39 Å². The zero-order valence-corrected chi connectivity index (χ0v) is 10.5. The highest BCUT2D eigenvalue weighted by molar-refractivity contribution is 9.10. The van der Waals surface area contributed by atoms with Crippen LogP contribution < -0.4 is 0 Å². The Morgan fingerprint density at radius 2 is 1.81 bits per heavy atom. The summed E-state index contributed by atoms with van der Waals surface area (Å²) in [5, 5.41) is 17.7. The summed E-state index contributed by atoms with van der Waals surface area (Å²) in [5.74, 6) is -0.282. The van der Waals surface area contributed by atoms with Gasteiger partial charge in [-0.2, -0.15) is 0 Å². The van der Waals surface area contributed by atoms with E-state index in [2.05, 4.69) is 15.9 Å². The predicted molar refractivity (Wildman–Crippen MR) is 63.5 cm³/mol. The molecule has 0 heterocycles. The molecule has 0 saturated heterocycles. The average Bonchev–Trinajstić information content (AvgIpc) is 2.23. The number of aliphatic hydroxyl groups is 2. The van der Waals surface area contributed by atoms with Crippen LogP contribution in [0, 0.1) is 5.82 Å². The number of hydrogen-bond donors (Lipinski definition) is 2. The van der Waals surface area contributed by atoms with Crippen molar-refractivity contribution in [1.82, 2.24) is 4.90 Å². The smallest absolute Gasteiger partial charge is 0.128 e. The first-order chi connectivity index (χ1) is 7.67. The van der Waals surface area contributed by atoms with E-state index in [1.165, 1.54) is 6.07 Å². The molecule has 0 aromatic heterocycles. The Bertz CT molecular complexity index is 330. The van der Waals surface area contributed by atoms with Gasteiger partial charge < -0.3 is 10.2 Å². The second-order valence-electron chi connectivity index (χ2n) is 3.46. The van der Waals surface area contributed by atoms with E-state index in [1.807, 2.05) is 0 Å².